The average molecular weight is 333 g/mol. The second kappa shape index (κ2) is 8.07. The molecule has 0 radical (unpaired) electrons. The van der Waals surface area contributed by atoms with E-state index in [0.717, 1.165) is 0 Å². The highest BCUT2D eigenvalue weighted by Gasteiger charge is 2.12. The quantitative estimate of drug-likeness (QED) is 0.690. The molecular formula is C13H18Cl2N4O2. The van der Waals surface area contributed by atoms with E-state index in [1.807, 2.05) is 0 Å². The van der Waals surface area contributed by atoms with Crippen LogP contribution >= 0.6 is 23.2 Å². The molecule has 0 heterocycles. The number of rotatable bonds is 6. The average Bonchev–Trinajstić information content (AvgIpc) is 2.40. The van der Waals surface area contributed by atoms with Gasteiger partial charge in [0, 0.05) is 25.7 Å². The van der Waals surface area contributed by atoms with Crippen molar-refractivity contribution in [2.75, 3.05) is 38.2 Å². The van der Waals surface area contributed by atoms with Gasteiger partial charge in [0.25, 0.3) is 0 Å². The topological polar surface area (TPSA) is 87.5 Å². The molecule has 2 amide bonds. The maximum Gasteiger partial charge on any atom is 0.233 e. The Morgan fingerprint density at radius 1 is 1.24 bits per heavy atom. The summed E-state index contributed by atoms with van der Waals surface area (Å²) >= 11 is 12.0. The molecule has 21 heavy (non-hydrogen) atoms. The maximum absolute atomic E-state index is 11.9. The van der Waals surface area contributed by atoms with Crippen LogP contribution in [-0.4, -0.2) is 43.9 Å². The summed E-state index contributed by atoms with van der Waals surface area (Å²) in [6.45, 7) is 0.663. The molecule has 0 saturated carbocycles. The monoisotopic (exact) mass is 332 g/mol. The number of hydrogen-bond donors (Lipinski definition) is 3. The van der Waals surface area contributed by atoms with Crippen molar-refractivity contribution in [2.45, 2.75) is 6.42 Å². The molecule has 8 heteroatoms. The number of nitrogens with one attached hydrogen (secondary N) is 2. The fraction of sp³-hybridized carbons (Fsp3) is 0.385. The predicted octanol–water partition coefficient (Wildman–Crippen LogP) is 1.58. The number of carbonyl (C=O) groups excluding carboxylic acids is 2. The van der Waals surface area contributed by atoms with E-state index in [0.29, 0.717) is 17.9 Å². The lowest BCUT2D eigenvalue weighted by molar-refractivity contribution is -0.122. The molecule has 6 nitrogen and oxygen atoms in total. The Morgan fingerprint density at radius 2 is 1.81 bits per heavy atom. The van der Waals surface area contributed by atoms with Gasteiger partial charge in [0.15, 0.2) is 0 Å². The first-order valence-corrected chi connectivity index (χ1v) is 7.02. The number of amides is 2. The Hall–Kier alpha value is -1.50. The Labute approximate surface area is 133 Å². The molecule has 0 aromatic heterocycles. The lowest BCUT2D eigenvalue weighted by Crippen LogP contribution is -2.34. The van der Waals surface area contributed by atoms with Crippen LogP contribution in [0.25, 0.3) is 0 Å². The first-order valence-electron chi connectivity index (χ1n) is 6.27. The summed E-state index contributed by atoms with van der Waals surface area (Å²) in [5.74, 6) is -0.352. The fourth-order valence-corrected chi connectivity index (χ4v) is 2.21. The summed E-state index contributed by atoms with van der Waals surface area (Å²) in [5.41, 5.74) is 6.35. The van der Waals surface area contributed by atoms with Crippen LogP contribution in [0.4, 0.5) is 11.4 Å². The molecule has 0 aliphatic rings. The van der Waals surface area contributed by atoms with Gasteiger partial charge in [-0.05, 0) is 19.2 Å². The molecule has 116 valence electrons. The van der Waals surface area contributed by atoms with E-state index in [-0.39, 0.29) is 34.8 Å². The number of halogens is 2. The van der Waals surface area contributed by atoms with Crippen molar-refractivity contribution in [1.82, 2.24) is 10.2 Å². The second-order valence-electron chi connectivity index (χ2n) is 4.57. The largest absolute Gasteiger partial charge is 0.399 e. The first kappa shape index (κ1) is 17.6. The molecule has 4 N–H and O–H groups in total. The summed E-state index contributed by atoms with van der Waals surface area (Å²) in [7, 11) is 3.32. The minimum absolute atomic E-state index is 0.109. The number of nitrogens with zero attached hydrogens (tertiary/aromatic N) is 1. The van der Waals surface area contributed by atoms with Crippen molar-refractivity contribution < 1.29 is 9.59 Å². The third-order valence-corrected chi connectivity index (χ3v) is 3.34. The lowest BCUT2D eigenvalue weighted by atomic mass is 10.2. The highest BCUT2D eigenvalue weighted by Crippen LogP contribution is 2.32. The van der Waals surface area contributed by atoms with Gasteiger partial charge in [-0.3, -0.25) is 14.5 Å². The predicted molar refractivity (Wildman–Crippen MR) is 85.7 cm³/mol. The molecule has 0 atom stereocenters. The van der Waals surface area contributed by atoms with Gasteiger partial charge in [0.2, 0.25) is 11.8 Å². The molecule has 0 saturated heterocycles. The van der Waals surface area contributed by atoms with Gasteiger partial charge in [0.05, 0.1) is 22.3 Å². The van der Waals surface area contributed by atoms with E-state index in [2.05, 4.69) is 10.6 Å². The standard InChI is InChI=1S/C13H18Cl2N4O2/c1-17-12(21)7-19(2)4-3-11(20)18-13-9(14)5-8(16)6-10(13)15/h5-6H,3-4,7,16H2,1-2H3,(H,17,21)(H,18,20). The van der Waals surface area contributed by atoms with Gasteiger partial charge in [-0.25, -0.2) is 0 Å². The summed E-state index contributed by atoms with van der Waals surface area (Å²) in [6, 6.07) is 3.03. The summed E-state index contributed by atoms with van der Waals surface area (Å²) < 4.78 is 0. The smallest absolute Gasteiger partial charge is 0.233 e. The zero-order valence-corrected chi connectivity index (χ0v) is 13.4. The molecule has 0 bridgehead atoms. The van der Waals surface area contributed by atoms with Crippen molar-refractivity contribution in [2.24, 2.45) is 0 Å². The minimum atomic E-state index is -0.243. The molecule has 0 unspecified atom stereocenters. The number of hydrogen-bond acceptors (Lipinski definition) is 4. The third-order valence-electron chi connectivity index (χ3n) is 2.74. The van der Waals surface area contributed by atoms with Crippen molar-refractivity contribution in [3.63, 3.8) is 0 Å². The molecular weight excluding hydrogens is 315 g/mol. The number of nitrogen functional groups attached to an aromatic ring is 1. The van der Waals surface area contributed by atoms with E-state index < -0.39 is 0 Å². The maximum atomic E-state index is 11.9. The summed E-state index contributed by atoms with van der Waals surface area (Å²) in [6.07, 6.45) is 0.213. The van der Waals surface area contributed by atoms with Crippen molar-refractivity contribution in [3.8, 4) is 0 Å². The SMILES string of the molecule is CNC(=O)CN(C)CCC(=O)Nc1c(Cl)cc(N)cc1Cl. The van der Waals surface area contributed by atoms with E-state index in [1.54, 1.807) is 19.0 Å². The van der Waals surface area contributed by atoms with E-state index in [4.69, 9.17) is 28.9 Å². The summed E-state index contributed by atoms with van der Waals surface area (Å²) in [5, 5.41) is 5.73. The molecule has 0 aliphatic carbocycles. The second-order valence-corrected chi connectivity index (χ2v) is 5.38. The number of benzene rings is 1. The van der Waals surface area contributed by atoms with Crippen LogP contribution in [0.5, 0.6) is 0 Å². The van der Waals surface area contributed by atoms with Crippen LogP contribution in [0.3, 0.4) is 0 Å². The van der Waals surface area contributed by atoms with Gasteiger partial charge < -0.3 is 16.4 Å². The van der Waals surface area contributed by atoms with Crippen LogP contribution in [-0.2, 0) is 9.59 Å². The van der Waals surface area contributed by atoms with Crippen LogP contribution in [0, 0.1) is 0 Å². The normalized spacial score (nSPS) is 10.5. The highest BCUT2D eigenvalue weighted by molar-refractivity contribution is 6.40. The third kappa shape index (κ3) is 5.79. The molecule has 0 aliphatic heterocycles. The van der Waals surface area contributed by atoms with Gasteiger partial charge >= 0.3 is 0 Å². The molecule has 1 aromatic rings. The van der Waals surface area contributed by atoms with Crippen molar-refractivity contribution in [1.29, 1.82) is 0 Å². The van der Waals surface area contributed by atoms with Gasteiger partial charge in [-0.2, -0.15) is 0 Å². The van der Waals surface area contributed by atoms with Gasteiger partial charge in [0.1, 0.15) is 0 Å². The number of nitrogens with two attached hydrogens (primary N) is 1. The minimum Gasteiger partial charge on any atom is -0.399 e. The van der Waals surface area contributed by atoms with Crippen molar-refractivity contribution in [3.05, 3.63) is 22.2 Å². The summed E-state index contributed by atoms with van der Waals surface area (Å²) in [4.78, 5) is 24.8. The van der Waals surface area contributed by atoms with E-state index >= 15 is 0 Å². The van der Waals surface area contributed by atoms with E-state index in [9.17, 15) is 9.59 Å². The van der Waals surface area contributed by atoms with Crippen LogP contribution < -0.4 is 16.4 Å². The van der Waals surface area contributed by atoms with Crippen LogP contribution in [0.2, 0.25) is 10.0 Å². The molecule has 0 fully saturated rings. The zero-order valence-electron chi connectivity index (χ0n) is 11.9. The Balaban J connectivity index is 2.53. The van der Waals surface area contributed by atoms with Gasteiger partial charge in [-0.15, -0.1) is 0 Å². The van der Waals surface area contributed by atoms with Crippen LogP contribution in [0.1, 0.15) is 6.42 Å². The van der Waals surface area contributed by atoms with Gasteiger partial charge in [-0.1, -0.05) is 23.2 Å². The highest BCUT2D eigenvalue weighted by atomic mass is 35.5. The number of likely N-dealkylation sites (N-methyl/N-ethyl adjacent to an activating group) is 2. The van der Waals surface area contributed by atoms with Crippen molar-refractivity contribution >= 4 is 46.4 Å². The molecule has 1 rings (SSSR count). The Kier molecular flexibility index (Phi) is 6.74. The molecule has 0 spiro atoms. The fourth-order valence-electron chi connectivity index (χ4n) is 1.61. The van der Waals surface area contributed by atoms with E-state index in [1.165, 1.54) is 12.1 Å². The molecule has 1 aromatic carbocycles. The number of carbonyl (C=O) groups is 2. The zero-order chi connectivity index (χ0) is 16.0. The number of anilines is 2. The Bertz CT molecular complexity index is 514. The first-order chi connectivity index (χ1) is 9.83. The Morgan fingerprint density at radius 3 is 2.33 bits per heavy atom. The lowest BCUT2D eigenvalue weighted by Gasteiger charge is -2.15. The van der Waals surface area contributed by atoms with Crippen LogP contribution in [0.15, 0.2) is 12.1 Å².